The largest absolute Gasteiger partial charge is 0.382 e. The number of hydrogen-bond donors (Lipinski definition) is 2. The number of rotatable bonds is 4. The summed E-state index contributed by atoms with van der Waals surface area (Å²) < 4.78 is 2.16. The van der Waals surface area contributed by atoms with Gasteiger partial charge < -0.3 is 15.6 Å². The molecule has 2 fully saturated rings. The van der Waals surface area contributed by atoms with Gasteiger partial charge in [0.2, 0.25) is 0 Å². The van der Waals surface area contributed by atoms with Crippen molar-refractivity contribution >= 4 is 22.9 Å². The second-order valence-corrected chi connectivity index (χ2v) is 7.87. The smallest absolute Gasteiger partial charge is 0.251 e. The van der Waals surface area contributed by atoms with Crippen molar-refractivity contribution in [2.24, 2.45) is 0 Å². The molecule has 2 aliphatic rings. The Balaban J connectivity index is 1.47. The summed E-state index contributed by atoms with van der Waals surface area (Å²) in [4.78, 5) is 25.9. The van der Waals surface area contributed by atoms with E-state index >= 15 is 0 Å². The number of aromatic nitrogens is 4. The van der Waals surface area contributed by atoms with Gasteiger partial charge in [-0.2, -0.15) is 0 Å². The molecule has 5 rings (SSSR count). The van der Waals surface area contributed by atoms with Crippen LogP contribution in [0.4, 0.5) is 5.82 Å². The van der Waals surface area contributed by atoms with Crippen molar-refractivity contribution in [1.82, 2.24) is 24.8 Å². The summed E-state index contributed by atoms with van der Waals surface area (Å²) in [5, 5.41) is 3.00. The number of nitrogens with zero attached hydrogens (tertiary/aromatic N) is 4. The first-order valence-corrected chi connectivity index (χ1v) is 10.1. The predicted molar refractivity (Wildman–Crippen MR) is 108 cm³/mol. The lowest BCUT2D eigenvalue weighted by Gasteiger charge is -2.23. The van der Waals surface area contributed by atoms with Gasteiger partial charge in [0.1, 0.15) is 5.52 Å². The minimum Gasteiger partial charge on any atom is -0.382 e. The molecule has 7 heteroatoms. The summed E-state index contributed by atoms with van der Waals surface area (Å²) in [6.45, 7) is 0. The molecular formula is C21H24N6O. The van der Waals surface area contributed by atoms with Crippen LogP contribution < -0.4 is 11.1 Å². The van der Waals surface area contributed by atoms with Crippen LogP contribution in [0.5, 0.6) is 0 Å². The van der Waals surface area contributed by atoms with Crippen LogP contribution in [0.25, 0.3) is 22.6 Å². The fourth-order valence-corrected chi connectivity index (χ4v) is 3.96. The SMILES string of the molecule is Nc1nc(-c2ccc(C(=O)NC3CC3)cc2)nc2c1ncn2C1CCCCC1. The molecule has 28 heavy (non-hydrogen) atoms. The van der Waals surface area contributed by atoms with Gasteiger partial charge in [0, 0.05) is 23.2 Å². The molecule has 3 aromatic rings. The Morgan fingerprint density at radius 2 is 1.79 bits per heavy atom. The number of nitrogens with two attached hydrogens (primary N) is 1. The molecule has 0 radical (unpaired) electrons. The molecule has 0 spiro atoms. The quantitative estimate of drug-likeness (QED) is 0.726. The maximum absolute atomic E-state index is 12.2. The van der Waals surface area contributed by atoms with Gasteiger partial charge in [0.05, 0.1) is 6.33 Å². The Morgan fingerprint density at radius 3 is 2.50 bits per heavy atom. The van der Waals surface area contributed by atoms with Crippen LogP contribution in [0, 0.1) is 0 Å². The molecule has 2 aliphatic carbocycles. The number of nitrogens with one attached hydrogen (secondary N) is 1. The van der Waals surface area contributed by atoms with E-state index in [1.54, 1.807) is 0 Å². The van der Waals surface area contributed by atoms with Crippen LogP contribution in [0.3, 0.4) is 0 Å². The van der Waals surface area contributed by atoms with Gasteiger partial charge in [-0.15, -0.1) is 0 Å². The van der Waals surface area contributed by atoms with Gasteiger partial charge in [-0.1, -0.05) is 31.4 Å². The standard InChI is InChI=1S/C21H24N6O/c22-18-17-20(27(12-23-17)16-4-2-1-3-5-16)26-19(25-18)13-6-8-14(9-7-13)21(28)24-15-10-11-15/h6-9,12,15-16H,1-5,10-11H2,(H,24,28)(H2,22,25,26). The summed E-state index contributed by atoms with van der Waals surface area (Å²) in [6.07, 6.45) is 10.1. The van der Waals surface area contributed by atoms with Crippen molar-refractivity contribution in [1.29, 1.82) is 0 Å². The Kier molecular flexibility index (Phi) is 4.22. The molecule has 0 atom stereocenters. The molecule has 2 aromatic heterocycles. The number of hydrogen-bond acceptors (Lipinski definition) is 5. The lowest BCUT2D eigenvalue weighted by molar-refractivity contribution is 0.0951. The van der Waals surface area contributed by atoms with E-state index in [0.717, 1.165) is 36.9 Å². The Bertz CT molecular complexity index is 1020. The fourth-order valence-electron chi connectivity index (χ4n) is 3.96. The molecule has 2 heterocycles. The number of carbonyl (C=O) groups excluding carboxylic acids is 1. The predicted octanol–water partition coefficient (Wildman–Crippen LogP) is 3.47. The van der Waals surface area contributed by atoms with E-state index < -0.39 is 0 Å². The van der Waals surface area contributed by atoms with Gasteiger partial charge in [0.15, 0.2) is 17.3 Å². The highest BCUT2D eigenvalue weighted by atomic mass is 16.1. The number of nitrogen functional groups attached to an aromatic ring is 1. The van der Waals surface area contributed by atoms with E-state index in [-0.39, 0.29) is 5.91 Å². The Labute approximate surface area is 163 Å². The van der Waals surface area contributed by atoms with Crippen molar-refractivity contribution in [2.45, 2.75) is 57.0 Å². The highest BCUT2D eigenvalue weighted by molar-refractivity contribution is 5.95. The van der Waals surface area contributed by atoms with E-state index in [4.69, 9.17) is 10.7 Å². The van der Waals surface area contributed by atoms with Crippen LogP contribution in [0.15, 0.2) is 30.6 Å². The molecule has 0 saturated heterocycles. The molecule has 0 unspecified atom stereocenters. The average molecular weight is 376 g/mol. The van der Waals surface area contributed by atoms with Gasteiger partial charge in [0.25, 0.3) is 5.91 Å². The van der Waals surface area contributed by atoms with Gasteiger partial charge >= 0.3 is 0 Å². The molecule has 7 nitrogen and oxygen atoms in total. The third-order valence-corrected chi connectivity index (χ3v) is 5.73. The summed E-state index contributed by atoms with van der Waals surface area (Å²) in [5.74, 6) is 0.933. The minimum absolute atomic E-state index is 0.0275. The minimum atomic E-state index is -0.0275. The molecule has 0 bridgehead atoms. The second kappa shape index (κ2) is 6.89. The van der Waals surface area contributed by atoms with Crippen LogP contribution in [-0.4, -0.2) is 31.5 Å². The lowest BCUT2D eigenvalue weighted by Crippen LogP contribution is -2.25. The first kappa shape index (κ1) is 17.2. The van der Waals surface area contributed by atoms with E-state index in [9.17, 15) is 4.79 Å². The Hall–Kier alpha value is -2.96. The number of anilines is 1. The molecule has 1 amide bonds. The third kappa shape index (κ3) is 3.21. The normalized spacial score (nSPS) is 17.7. The third-order valence-electron chi connectivity index (χ3n) is 5.73. The molecular weight excluding hydrogens is 352 g/mol. The molecule has 0 aliphatic heterocycles. The van der Waals surface area contributed by atoms with Crippen molar-refractivity contribution < 1.29 is 4.79 Å². The van der Waals surface area contributed by atoms with Crippen molar-refractivity contribution in [2.75, 3.05) is 5.73 Å². The van der Waals surface area contributed by atoms with Crippen LogP contribution >= 0.6 is 0 Å². The molecule has 1 aromatic carbocycles. The molecule has 144 valence electrons. The second-order valence-electron chi connectivity index (χ2n) is 7.87. The van der Waals surface area contributed by atoms with E-state index in [0.29, 0.717) is 34.8 Å². The first-order valence-electron chi connectivity index (χ1n) is 10.1. The maximum atomic E-state index is 12.2. The number of fused-ring (bicyclic) bond motifs is 1. The summed E-state index contributed by atoms with van der Waals surface area (Å²) in [6, 6.07) is 8.16. The summed E-state index contributed by atoms with van der Waals surface area (Å²) in [7, 11) is 0. The number of carbonyl (C=O) groups is 1. The van der Waals surface area contributed by atoms with Crippen molar-refractivity contribution in [3.05, 3.63) is 36.2 Å². The summed E-state index contributed by atoms with van der Waals surface area (Å²) >= 11 is 0. The highest BCUT2D eigenvalue weighted by Gasteiger charge is 2.24. The lowest BCUT2D eigenvalue weighted by atomic mass is 9.95. The zero-order valence-corrected chi connectivity index (χ0v) is 15.8. The van der Waals surface area contributed by atoms with Gasteiger partial charge in [-0.3, -0.25) is 4.79 Å². The van der Waals surface area contributed by atoms with E-state index in [1.807, 2.05) is 30.6 Å². The van der Waals surface area contributed by atoms with Crippen molar-refractivity contribution in [3.63, 3.8) is 0 Å². The van der Waals surface area contributed by atoms with Gasteiger partial charge in [-0.05, 0) is 37.8 Å². The molecule has 2 saturated carbocycles. The highest BCUT2D eigenvalue weighted by Crippen LogP contribution is 2.32. The summed E-state index contributed by atoms with van der Waals surface area (Å²) in [5.41, 5.74) is 9.13. The average Bonchev–Trinajstić information content (AvgIpc) is 3.44. The topological polar surface area (TPSA) is 98.7 Å². The first-order chi connectivity index (χ1) is 13.7. The van der Waals surface area contributed by atoms with Crippen molar-refractivity contribution in [3.8, 4) is 11.4 Å². The zero-order chi connectivity index (χ0) is 19.1. The zero-order valence-electron chi connectivity index (χ0n) is 15.8. The Morgan fingerprint density at radius 1 is 1.04 bits per heavy atom. The maximum Gasteiger partial charge on any atom is 0.251 e. The van der Waals surface area contributed by atoms with Gasteiger partial charge in [-0.25, -0.2) is 15.0 Å². The number of amides is 1. The van der Waals surface area contributed by atoms with Crippen LogP contribution in [0.2, 0.25) is 0 Å². The monoisotopic (exact) mass is 376 g/mol. The number of benzene rings is 1. The number of imidazole rings is 1. The van der Waals surface area contributed by atoms with Crippen LogP contribution in [0.1, 0.15) is 61.3 Å². The van der Waals surface area contributed by atoms with E-state index in [2.05, 4.69) is 19.9 Å². The van der Waals surface area contributed by atoms with Crippen LogP contribution in [-0.2, 0) is 0 Å². The molecule has 3 N–H and O–H groups in total. The fraction of sp³-hybridized carbons (Fsp3) is 0.429. The van der Waals surface area contributed by atoms with E-state index in [1.165, 1.54) is 19.3 Å².